The van der Waals surface area contributed by atoms with Crippen LogP contribution in [-0.4, -0.2) is 101 Å². The van der Waals surface area contributed by atoms with E-state index in [0.29, 0.717) is 12.7 Å². The Morgan fingerprint density at radius 1 is 0.683 bits per heavy atom. The quantitative estimate of drug-likeness (QED) is 0.0974. The van der Waals surface area contributed by atoms with Crippen molar-refractivity contribution in [2.75, 3.05) is 26.9 Å². The van der Waals surface area contributed by atoms with Gasteiger partial charge >= 0.3 is 12.2 Å². The topological polar surface area (TPSA) is 175 Å². The number of fused-ring (bicyclic) bond motifs is 1. The first-order valence-corrected chi connectivity index (χ1v) is 24.1. The van der Waals surface area contributed by atoms with E-state index in [1.165, 1.54) is 14.2 Å². The molecule has 0 unspecified atom stereocenters. The van der Waals surface area contributed by atoms with E-state index in [1.54, 1.807) is 0 Å². The largest absolute Gasteiger partial charge is 0.453 e. The molecule has 14 nitrogen and oxygen atoms in total. The summed E-state index contributed by atoms with van der Waals surface area (Å²) in [6.45, 7) is 12.8. The van der Waals surface area contributed by atoms with Crippen LogP contribution >= 0.6 is 0 Å². The second-order valence-electron chi connectivity index (χ2n) is 17.5. The van der Waals surface area contributed by atoms with Crippen molar-refractivity contribution in [3.05, 3.63) is 84.7 Å². The van der Waals surface area contributed by atoms with Crippen molar-refractivity contribution in [3.8, 4) is 33.6 Å². The number of aromatic amines is 2. The smallest absolute Gasteiger partial charge is 0.407 e. The summed E-state index contributed by atoms with van der Waals surface area (Å²) in [5.41, 5.74) is 5.90. The number of alkyl carbamates (subject to hydrolysis) is 2. The van der Waals surface area contributed by atoms with Crippen LogP contribution in [0.25, 0.3) is 44.4 Å². The second kappa shape index (κ2) is 17.3. The molecule has 4 heterocycles. The Bertz CT molecular complexity index is 2370. The molecule has 7 rings (SSSR count). The van der Waals surface area contributed by atoms with Gasteiger partial charge in [0.1, 0.15) is 23.7 Å². The number of amides is 4. The number of imidazole rings is 2. The van der Waals surface area contributed by atoms with Gasteiger partial charge in [-0.1, -0.05) is 89.3 Å². The Labute approximate surface area is 351 Å². The van der Waals surface area contributed by atoms with Crippen LogP contribution in [0.15, 0.2) is 73.1 Å². The molecule has 60 heavy (non-hydrogen) atoms. The fraction of sp³-hybridized carbons (Fsp3) is 0.422. The lowest BCUT2D eigenvalue weighted by Crippen LogP contribution is -2.52. The lowest BCUT2D eigenvalue weighted by molar-refractivity contribution is -0.136. The van der Waals surface area contributed by atoms with Crippen molar-refractivity contribution in [2.45, 2.75) is 83.8 Å². The summed E-state index contributed by atoms with van der Waals surface area (Å²) in [6.07, 6.45) is 4.73. The molecule has 4 atom stereocenters. The van der Waals surface area contributed by atoms with Crippen LogP contribution in [0.4, 0.5) is 9.59 Å². The molecule has 4 N–H and O–H groups in total. The van der Waals surface area contributed by atoms with E-state index >= 15 is 0 Å². The normalized spacial score (nSPS) is 18.5. The molecule has 0 bridgehead atoms. The van der Waals surface area contributed by atoms with Crippen molar-refractivity contribution in [2.24, 2.45) is 11.8 Å². The van der Waals surface area contributed by atoms with Gasteiger partial charge in [0.05, 0.1) is 58.2 Å². The van der Waals surface area contributed by atoms with Gasteiger partial charge in [0.15, 0.2) is 0 Å². The van der Waals surface area contributed by atoms with Gasteiger partial charge in [-0.15, -0.1) is 0 Å². The molecule has 2 aromatic heterocycles. The highest BCUT2D eigenvalue weighted by Gasteiger charge is 2.46. The van der Waals surface area contributed by atoms with Gasteiger partial charge in [0.25, 0.3) is 0 Å². The molecule has 2 aliphatic heterocycles. The maximum Gasteiger partial charge on any atom is 0.407 e. The Balaban J connectivity index is 1.04. The molecule has 316 valence electrons. The first-order chi connectivity index (χ1) is 28.7. The Morgan fingerprint density at radius 2 is 1.17 bits per heavy atom. The van der Waals surface area contributed by atoms with Gasteiger partial charge in [-0.3, -0.25) is 9.59 Å². The number of benzene rings is 3. The molecular weight excluding hydrogens is 777 g/mol. The van der Waals surface area contributed by atoms with Gasteiger partial charge in [-0.05, 0) is 70.3 Å². The zero-order chi connectivity index (χ0) is 42.9. The summed E-state index contributed by atoms with van der Waals surface area (Å²) in [5, 5.41) is 7.64. The van der Waals surface area contributed by atoms with E-state index < -0.39 is 32.3 Å². The third kappa shape index (κ3) is 8.81. The third-order valence-corrected chi connectivity index (χ3v) is 14.5. The van der Waals surface area contributed by atoms with Gasteiger partial charge < -0.3 is 39.9 Å². The van der Waals surface area contributed by atoms with Crippen molar-refractivity contribution >= 4 is 42.8 Å². The monoisotopic (exact) mass is 832 g/mol. The molecule has 3 aromatic carbocycles. The Morgan fingerprint density at radius 3 is 1.73 bits per heavy atom. The number of hydrogen-bond acceptors (Lipinski definition) is 8. The maximum absolute atomic E-state index is 13.9. The fourth-order valence-electron chi connectivity index (χ4n) is 8.56. The highest BCUT2D eigenvalue weighted by molar-refractivity contribution is 6.78. The lowest BCUT2D eigenvalue weighted by Gasteiger charge is -2.30. The summed E-state index contributed by atoms with van der Waals surface area (Å²) >= 11 is 0. The molecule has 0 saturated carbocycles. The molecule has 2 fully saturated rings. The average Bonchev–Trinajstić information content (AvgIpc) is 4.07. The van der Waals surface area contributed by atoms with Crippen molar-refractivity contribution < 1.29 is 28.7 Å². The number of nitrogens with one attached hydrogen (secondary N) is 4. The molecule has 0 radical (unpaired) electrons. The average molecular weight is 833 g/mol. The van der Waals surface area contributed by atoms with Crippen LogP contribution in [-0.2, 0) is 19.1 Å². The van der Waals surface area contributed by atoms with Crippen molar-refractivity contribution in [1.82, 2.24) is 40.4 Å². The number of rotatable bonds is 11. The van der Waals surface area contributed by atoms with Crippen molar-refractivity contribution in [1.29, 1.82) is 0 Å². The van der Waals surface area contributed by atoms with E-state index in [0.717, 1.165) is 74.9 Å². The van der Waals surface area contributed by atoms with Crippen LogP contribution in [0.3, 0.4) is 0 Å². The summed E-state index contributed by atoms with van der Waals surface area (Å²) < 4.78 is 9.58. The van der Waals surface area contributed by atoms with Gasteiger partial charge in [-0.25, -0.2) is 19.6 Å². The summed E-state index contributed by atoms with van der Waals surface area (Å²) in [7, 11) is 0.844. The minimum atomic E-state index is -1.75. The fourth-order valence-corrected chi connectivity index (χ4v) is 11.4. The Kier molecular flexibility index (Phi) is 12.2. The summed E-state index contributed by atoms with van der Waals surface area (Å²) in [5.74, 6) is 1.01. The predicted molar refractivity (Wildman–Crippen MR) is 233 cm³/mol. The first-order valence-electron chi connectivity index (χ1n) is 20.7. The van der Waals surface area contributed by atoms with E-state index in [2.05, 4.69) is 94.4 Å². The number of nitrogens with zero attached hydrogens (tertiary/aromatic N) is 4. The molecule has 2 saturated heterocycles. The first kappa shape index (κ1) is 42.2. The molecule has 15 heteroatoms. The Hall–Kier alpha value is -5.96. The standard InChI is InChI=1S/C45H56N8O6Si/c1-26(2)38(50-44(56)58-5)42(54)52-19-9-10-36(52)40-46-22-34(48-40)29-13-11-28(12-14-29)30-15-16-32-21-33(18-17-31(32)20-30)35-23-47-41(49-35)37-24-60(7,8)25-53(37)43(55)39(27(3)4)51-45(57)59-6/h11-18,20-23,26-27,36-39H,9-10,19,24-25H2,1-8H3,(H,46,48)(H,47,49)(H,50,56)(H,51,57)/t36-,37-,38-,39-/m0/s1. The van der Waals surface area contributed by atoms with Crippen LogP contribution in [0.2, 0.25) is 19.1 Å². The molecule has 0 aliphatic carbocycles. The van der Waals surface area contributed by atoms with Crippen LogP contribution < -0.4 is 10.6 Å². The maximum atomic E-state index is 13.9. The molecule has 4 amide bonds. The highest BCUT2D eigenvalue weighted by atomic mass is 28.3. The number of carbonyl (C=O) groups is 4. The molecule has 0 spiro atoms. The number of hydrogen-bond donors (Lipinski definition) is 4. The predicted octanol–water partition coefficient (Wildman–Crippen LogP) is 7.84. The highest BCUT2D eigenvalue weighted by Crippen LogP contribution is 2.39. The molecule has 2 aliphatic rings. The summed E-state index contributed by atoms with van der Waals surface area (Å²) in [4.78, 5) is 71.8. The minimum Gasteiger partial charge on any atom is -0.453 e. The van der Waals surface area contributed by atoms with E-state index in [9.17, 15) is 19.2 Å². The van der Waals surface area contributed by atoms with Crippen LogP contribution in [0.1, 0.15) is 64.3 Å². The molecular formula is C45H56N8O6Si. The number of likely N-dealkylation sites (tertiary alicyclic amines) is 1. The summed E-state index contributed by atoms with van der Waals surface area (Å²) in [6, 6.07) is 20.2. The van der Waals surface area contributed by atoms with E-state index in [4.69, 9.17) is 19.4 Å². The number of methoxy groups -OCH3 is 2. The van der Waals surface area contributed by atoms with E-state index in [-0.39, 0.29) is 35.7 Å². The second-order valence-corrected chi connectivity index (χ2v) is 22.5. The van der Waals surface area contributed by atoms with Crippen LogP contribution in [0, 0.1) is 11.8 Å². The lowest BCUT2D eigenvalue weighted by atomic mass is 9.98. The minimum absolute atomic E-state index is 0.105. The third-order valence-electron chi connectivity index (χ3n) is 11.8. The number of ether oxygens (including phenoxy) is 2. The number of H-pyrrole nitrogens is 2. The SMILES string of the molecule is COC(=O)N[C@H](C(=O)N1CCC[C@H]1c1ncc(-c2ccc(-c3ccc4cc(-c5cnc([C@@H]6C[Si](C)(C)CN6C(=O)[C@@H](NC(=O)OC)C(C)C)[nH]5)ccc4c3)cc2)[nH]1)C(C)C. The van der Waals surface area contributed by atoms with Crippen molar-refractivity contribution in [3.63, 3.8) is 0 Å². The van der Waals surface area contributed by atoms with Gasteiger partial charge in [0.2, 0.25) is 11.8 Å². The molecule has 5 aromatic rings. The van der Waals surface area contributed by atoms with Crippen LogP contribution in [0.5, 0.6) is 0 Å². The number of aromatic nitrogens is 4. The zero-order valence-corrected chi connectivity index (χ0v) is 36.7. The number of carbonyl (C=O) groups excluding carboxylic acids is 4. The van der Waals surface area contributed by atoms with E-state index in [1.807, 2.05) is 49.9 Å². The van der Waals surface area contributed by atoms with Gasteiger partial charge in [-0.2, -0.15) is 0 Å². The zero-order valence-electron chi connectivity index (χ0n) is 35.7. The van der Waals surface area contributed by atoms with Gasteiger partial charge in [0, 0.05) is 18.3 Å².